The number of amides is 1. The Kier molecular flexibility index (Phi) is 6.27. The number of carbonyl (C=O) groups is 1. The van der Waals surface area contributed by atoms with Crippen molar-refractivity contribution in [3.63, 3.8) is 0 Å². The summed E-state index contributed by atoms with van der Waals surface area (Å²) in [5.74, 6) is 0.942. The first-order valence-corrected chi connectivity index (χ1v) is 8.63. The van der Waals surface area contributed by atoms with E-state index in [0.717, 1.165) is 5.92 Å². The maximum absolute atomic E-state index is 12.1. The smallest absolute Gasteiger partial charge is 0.237 e. The van der Waals surface area contributed by atoms with Crippen LogP contribution in [0.3, 0.4) is 0 Å². The van der Waals surface area contributed by atoms with E-state index in [0.29, 0.717) is 11.5 Å². The first-order valence-electron chi connectivity index (χ1n) is 8.63. The van der Waals surface area contributed by atoms with Crippen molar-refractivity contribution in [3.05, 3.63) is 0 Å². The van der Waals surface area contributed by atoms with Gasteiger partial charge in [-0.1, -0.05) is 27.2 Å². The molecule has 1 atom stereocenters. The van der Waals surface area contributed by atoms with E-state index >= 15 is 0 Å². The molecular formula is C18H36N2O. The van der Waals surface area contributed by atoms with E-state index in [1.165, 1.54) is 32.1 Å². The Morgan fingerprint density at radius 2 is 1.62 bits per heavy atom. The van der Waals surface area contributed by atoms with Gasteiger partial charge in [-0.25, -0.2) is 0 Å². The summed E-state index contributed by atoms with van der Waals surface area (Å²) in [4.78, 5) is 12.1. The van der Waals surface area contributed by atoms with Gasteiger partial charge < -0.3 is 10.6 Å². The first kappa shape index (κ1) is 18.5. The van der Waals surface area contributed by atoms with Gasteiger partial charge in [0.2, 0.25) is 5.91 Å². The van der Waals surface area contributed by atoms with Crippen molar-refractivity contribution in [2.75, 3.05) is 0 Å². The Labute approximate surface area is 131 Å². The molecule has 1 aliphatic rings. The second kappa shape index (κ2) is 7.13. The van der Waals surface area contributed by atoms with Gasteiger partial charge in [-0.2, -0.15) is 0 Å². The molecule has 1 unspecified atom stereocenters. The lowest BCUT2D eigenvalue weighted by molar-refractivity contribution is -0.124. The topological polar surface area (TPSA) is 41.1 Å². The third-order valence-corrected chi connectivity index (χ3v) is 5.12. The summed E-state index contributed by atoms with van der Waals surface area (Å²) in [7, 11) is 0. The fourth-order valence-electron chi connectivity index (χ4n) is 3.24. The highest BCUT2D eigenvalue weighted by atomic mass is 16.2. The molecule has 1 rings (SSSR count). The van der Waals surface area contributed by atoms with Gasteiger partial charge in [0.25, 0.3) is 0 Å². The molecule has 0 spiro atoms. The summed E-state index contributed by atoms with van der Waals surface area (Å²) in [6.45, 7) is 15.1. The maximum Gasteiger partial charge on any atom is 0.237 e. The Bertz CT molecular complexity index is 336. The molecule has 0 aliphatic heterocycles. The SMILES string of the molecule is CCC(C)(C)C1CCC(NC(C)C(=O)NC(C)(C)C)CC1. The van der Waals surface area contributed by atoms with Crippen molar-refractivity contribution in [1.82, 2.24) is 10.6 Å². The van der Waals surface area contributed by atoms with Gasteiger partial charge in [0, 0.05) is 11.6 Å². The highest BCUT2D eigenvalue weighted by Crippen LogP contribution is 2.40. The van der Waals surface area contributed by atoms with Crippen LogP contribution in [0.25, 0.3) is 0 Å². The molecule has 0 saturated heterocycles. The van der Waals surface area contributed by atoms with Gasteiger partial charge in [-0.15, -0.1) is 0 Å². The standard InChI is InChI=1S/C18H36N2O/c1-8-18(6,7)14-9-11-15(12-10-14)19-13(2)16(21)20-17(3,4)5/h13-15,19H,8-12H2,1-7H3,(H,20,21). The van der Waals surface area contributed by atoms with Gasteiger partial charge in [-0.3, -0.25) is 4.79 Å². The second-order valence-electron chi connectivity index (χ2n) is 8.52. The molecule has 3 heteroatoms. The van der Waals surface area contributed by atoms with Crippen LogP contribution in [0.2, 0.25) is 0 Å². The van der Waals surface area contributed by atoms with Crippen LogP contribution in [0.1, 0.15) is 80.6 Å². The van der Waals surface area contributed by atoms with Gasteiger partial charge in [0.05, 0.1) is 6.04 Å². The van der Waals surface area contributed by atoms with Crippen LogP contribution in [-0.2, 0) is 4.79 Å². The van der Waals surface area contributed by atoms with Crippen LogP contribution in [0.4, 0.5) is 0 Å². The molecule has 2 N–H and O–H groups in total. The lowest BCUT2D eigenvalue weighted by Crippen LogP contribution is -2.52. The fraction of sp³-hybridized carbons (Fsp3) is 0.944. The zero-order valence-corrected chi connectivity index (χ0v) is 15.2. The molecule has 0 heterocycles. The van der Waals surface area contributed by atoms with E-state index in [-0.39, 0.29) is 17.5 Å². The number of nitrogens with one attached hydrogen (secondary N) is 2. The van der Waals surface area contributed by atoms with E-state index < -0.39 is 0 Å². The molecular weight excluding hydrogens is 260 g/mol. The molecule has 1 fully saturated rings. The Morgan fingerprint density at radius 3 is 2.05 bits per heavy atom. The molecule has 1 saturated carbocycles. The Morgan fingerprint density at radius 1 is 1.10 bits per heavy atom. The van der Waals surface area contributed by atoms with Crippen LogP contribution in [0, 0.1) is 11.3 Å². The van der Waals surface area contributed by atoms with E-state index in [9.17, 15) is 4.79 Å². The molecule has 0 aromatic heterocycles. The molecule has 0 radical (unpaired) electrons. The number of rotatable bonds is 5. The van der Waals surface area contributed by atoms with Gasteiger partial charge in [-0.05, 0) is 64.7 Å². The monoisotopic (exact) mass is 296 g/mol. The van der Waals surface area contributed by atoms with Crippen LogP contribution in [0.15, 0.2) is 0 Å². The molecule has 124 valence electrons. The van der Waals surface area contributed by atoms with E-state index in [2.05, 4.69) is 31.4 Å². The minimum Gasteiger partial charge on any atom is -0.350 e. The molecule has 0 aromatic rings. The van der Waals surface area contributed by atoms with Crippen molar-refractivity contribution < 1.29 is 4.79 Å². The maximum atomic E-state index is 12.1. The van der Waals surface area contributed by atoms with Crippen molar-refractivity contribution in [2.24, 2.45) is 11.3 Å². The third kappa shape index (κ3) is 5.98. The van der Waals surface area contributed by atoms with Crippen molar-refractivity contribution in [3.8, 4) is 0 Å². The molecule has 21 heavy (non-hydrogen) atoms. The lowest BCUT2D eigenvalue weighted by atomic mass is 9.69. The number of hydrogen-bond donors (Lipinski definition) is 2. The summed E-state index contributed by atoms with van der Waals surface area (Å²) in [5, 5.41) is 6.57. The Balaban J connectivity index is 2.40. The summed E-state index contributed by atoms with van der Waals surface area (Å²) in [5.41, 5.74) is 0.302. The lowest BCUT2D eigenvalue weighted by Gasteiger charge is -2.39. The van der Waals surface area contributed by atoms with E-state index in [1.807, 2.05) is 27.7 Å². The molecule has 0 aromatic carbocycles. The van der Waals surface area contributed by atoms with Gasteiger partial charge in [0.15, 0.2) is 0 Å². The van der Waals surface area contributed by atoms with Gasteiger partial charge in [0.1, 0.15) is 0 Å². The average Bonchev–Trinajstić information content (AvgIpc) is 2.37. The largest absolute Gasteiger partial charge is 0.350 e. The zero-order chi connectivity index (χ0) is 16.3. The quantitative estimate of drug-likeness (QED) is 0.808. The third-order valence-electron chi connectivity index (χ3n) is 5.12. The minimum absolute atomic E-state index is 0.107. The first-order chi connectivity index (χ1) is 9.55. The highest BCUT2D eigenvalue weighted by molar-refractivity contribution is 5.81. The zero-order valence-electron chi connectivity index (χ0n) is 15.2. The van der Waals surface area contributed by atoms with Crippen LogP contribution < -0.4 is 10.6 Å². The summed E-state index contributed by atoms with van der Waals surface area (Å²) >= 11 is 0. The minimum atomic E-state index is -0.157. The van der Waals surface area contributed by atoms with Crippen LogP contribution in [0.5, 0.6) is 0 Å². The van der Waals surface area contributed by atoms with E-state index in [1.54, 1.807) is 0 Å². The highest BCUT2D eigenvalue weighted by Gasteiger charge is 2.32. The summed E-state index contributed by atoms with van der Waals surface area (Å²) in [6.07, 6.45) is 6.21. The van der Waals surface area contributed by atoms with Crippen molar-refractivity contribution >= 4 is 5.91 Å². The summed E-state index contributed by atoms with van der Waals surface area (Å²) < 4.78 is 0. The van der Waals surface area contributed by atoms with Crippen LogP contribution in [-0.4, -0.2) is 23.5 Å². The Hall–Kier alpha value is -0.570. The molecule has 0 bridgehead atoms. The van der Waals surface area contributed by atoms with Crippen LogP contribution >= 0.6 is 0 Å². The molecule has 1 aliphatic carbocycles. The number of hydrogen-bond acceptors (Lipinski definition) is 2. The number of carbonyl (C=O) groups excluding carboxylic acids is 1. The van der Waals surface area contributed by atoms with Crippen molar-refractivity contribution in [2.45, 2.75) is 98.2 Å². The molecule has 1 amide bonds. The van der Waals surface area contributed by atoms with Gasteiger partial charge >= 0.3 is 0 Å². The predicted molar refractivity (Wildman–Crippen MR) is 90.3 cm³/mol. The fourth-order valence-corrected chi connectivity index (χ4v) is 3.24. The summed E-state index contributed by atoms with van der Waals surface area (Å²) in [6, 6.07) is 0.389. The predicted octanol–water partition coefficient (Wildman–Crippen LogP) is 3.87. The van der Waals surface area contributed by atoms with E-state index in [4.69, 9.17) is 0 Å². The second-order valence-corrected chi connectivity index (χ2v) is 8.52. The average molecular weight is 296 g/mol. The molecule has 3 nitrogen and oxygen atoms in total. The van der Waals surface area contributed by atoms with Crippen molar-refractivity contribution in [1.29, 1.82) is 0 Å². The normalized spacial score (nSPS) is 25.5.